The summed E-state index contributed by atoms with van der Waals surface area (Å²) in [5.74, 6) is 0.0979. The van der Waals surface area contributed by atoms with Crippen molar-refractivity contribution in [1.82, 2.24) is 0 Å². The molecule has 2 rings (SSSR count). The first kappa shape index (κ1) is 13.0. The first-order valence-corrected chi connectivity index (χ1v) is 6.64. The van der Waals surface area contributed by atoms with Gasteiger partial charge >= 0.3 is 0 Å². The van der Waals surface area contributed by atoms with E-state index >= 15 is 0 Å². The van der Waals surface area contributed by atoms with E-state index in [1.54, 1.807) is 12.1 Å². The Kier molecular flexibility index (Phi) is 4.32. The smallest absolute Gasteiger partial charge is 0.123 e. The highest BCUT2D eigenvalue weighted by Crippen LogP contribution is 2.27. The second-order valence-corrected chi connectivity index (χ2v) is 5.08. The number of allylic oxidation sites excluding steroid dienone is 1. The van der Waals surface area contributed by atoms with Crippen molar-refractivity contribution in [1.29, 1.82) is 0 Å². The minimum absolute atomic E-state index is 0.213. The fourth-order valence-electron chi connectivity index (χ4n) is 1.78. The van der Waals surface area contributed by atoms with Gasteiger partial charge in [0.1, 0.15) is 5.82 Å². The summed E-state index contributed by atoms with van der Waals surface area (Å²) in [6.07, 6.45) is 2.13. The third-order valence-electron chi connectivity index (χ3n) is 2.84. The molecule has 0 spiro atoms. The molecule has 0 saturated heterocycles. The lowest BCUT2D eigenvalue weighted by Crippen LogP contribution is -1.89. The van der Waals surface area contributed by atoms with E-state index in [0.717, 1.165) is 10.0 Å². The van der Waals surface area contributed by atoms with Crippen LogP contribution in [0, 0.1) is 5.82 Å². The molecule has 0 nitrogen and oxygen atoms in total. The summed E-state index contributed by atoms with van der Waals surface area (Å²) in [4.78, 5) is 0. The molecule has 0 radical (unpaired) electrons. The van der Waals surface area contributed by atoms with Crippen LogP contribution in [0.1, 0.15) is 24.0 Å². The van der Waals surface area contributed by atoms with E-state index in [1.807, 2.05) is 18.2 Å². The van der Waals surface area contributed by atoms with Gasteiger partial charge in [0.15, 0.2) is 0 Å². The Labute approximate surface area is 115 Å². The Hall–Kier alpha value is -1.41. The number of rotatable bonds is 3. The van der Waals surface area contributed by atoms with Gasteiger partial charge in [0.2, 0.25) is 0 Å². The molecule has 0 aliphatic heterocycles. The van der Waals surface area contributed by atoms with Crippen molar-refractivity contribution in [3.63, 3.8) is 0 Å². The monoisotopic (exact) mass is 304 g/mol. The second-order valence-electron chi connectivity index (χ2n) is 4.22. The van der Waals surface area contributed by atoms with Crippen molar-refractivity contribution in [2.75, 3.05) is 0 Å². The zero-order chi connectivity index (χ0) is 13.0. The molecule has 92 valence electrons. The van der Waals surface area contributed by atoms with Gasteiger partial charge in [-0.05, 0) is 23.3 Å². The van der Waals surface area contributed by atoms with Crippen LogP contribution >= 0.6 is 15.9 Å². The lowest BCUT2D eigenvalue weighted by atomic mass is 10.00. The van der Waals surface area contributed by atoms with Crippen molar-refractivity contribution >= 4 is 20.4 Å². The predicted octanol–water partition coefficient (Wildman–Crippen LogP) is 5.37. The Morgan fingerprint density at radius 3 is 2.28 bits per heavy atom. The molecule has 2 heteroatoms. The highest BCUT2D eigenvalue weighted by atomic mass is 79.9. The van der Waals surface area contributed by atoms with E-state index in [2.05, 4.69) is 41.1 Å². The van der Waals surface area contributed by atoms with E-state index in [0.29, 0.717) is 5.92 Å². The molecule has 18 heavy (non-hydrogen) atoms. The third-order valence-corrected chi connectivity index (χ3v) is 3.56. The van der Waals surface area contributed by atoms with Gasteiger partial charge in [-0.15, -0.1) is 0 Å². The largest absolute Gasteiger partial charge is 0.207 e. The van der Waals surface area contributed by atoms with E-state index in [9.17, 15) is 4.39 Å². The first-order chi connectivity index (χ1) is 8.66. The molecule has 1 unspecified atom stereocenters. The van der Waals surface area contributed by atoms with Crippen LogP contribution in [0.5, 0.6) is 0 Å². The van der Waals surface area contributed by atoms with Gasteiger partial charge < -0.3 is 0 Å². The highest BCUT2D eigenvalue weighted by molar-refractivity contribution is 9.15. The fraction of sp³-hybridized carbons (Fsp3) is 0.125. The molecule has 0 N–H and O–H groups in total. The van der Waals surface area contributed by atoms with Crippen LogP contribution in [0.4, 0.5) is 4.39 Å². The van der Waals surface area contributed by atoms with Crippen LogP contribution in [0.15, 0.2) is 60.7 Å². The van der Waals surface area contributed by atoms with E-state index < -0.39 is 0 Å². The summed E-state index contributed by atoms with van der Waals surface area (Å²) in [7, 11) is 0. The van der Waals surface area contributed by atoms with Gasteiger partial charge in [-0.3, -0.25) is 0 Å². The average molecular weight is 305 g/mol. The van der Waals surface area contributed by atoms with Crippen molar-refractivity contribution < 1.29 is 4.39 Å². The minimum atomic E-state index is -0.213. The van der Waals surface area contributed by atoms with Crippen molar-refractivity contribution in [3.8, 4) is 0 Å². The topological polar surface area (TPSA) is 0 Å². The molecule has 0 aliphatic rings. The molecule has 1 atom stereocenters. The molecular formula is C16H14BrF. The molecule has 0 saturated carbocycles. The molecular weight excluding hydrogens is 291 g/mol. The summed E-state index contributed by atoms with van der Waals surface area (Å²) >= 11 is 3.55. The van der Waals surface area contributed by atoms with E-state index in [1.165, 1.54) is 17.7 Å². The number of benzene rings is 2. The summed E-state index contributed by atoms with van der Waals surface area (Å²) in [5.41, 5.74) is 2.25. The zero-order valence-electron chi connectivity index (χ0n) is 10.1. The van der Waals surface area contributed by atoms with Gasteiger partial charge in [-0.25, -0.2) is 4.39 Å². The second kappa shape index (κ2) is 5.96. The Bertz CT molecular complexity index is 529. The molecule has 0 aromatic heterocycles. The molecule has 0 heterocycles. The molecule has 0 bridgehead atoms. The maximum Gasteiger partial charge on any atom is 0.123 e. The molecule has 2 aromatic carbocycles. The number of hydrogen-bond donors (Lipinski definition) is 0. The van der Waals surface area contributed by atoms with Crippen LogP contribution in [0.3, 0.4) is 0 Å². The van der Waals surface area contributed by atoms with E-state index in [-0.39, 0.29) is 5.82 Å². The SMILES string of the molecule is CC(/C=C(/Br)c1ccc(F)cc1)c1ccccc1. The molecule has 2 aromatic rings. The van der Waals surface area contributed by atoms with Crippen molar-refractivity contribution in [2.24, 2.45) is 0 Å². The summed E-state index contributed by atoms with van der Waals surface area (Å²) in [5, 5.41) is 0. The lowest BCUT2D eigenvalue weighted by molar-refractivity contribution is 0.627. The zero-order valence-corrected chi connectivity index (χ0v) is 11.7. The standard InChI is InChI=1S/C16H14BrF/c1-12(13-5-3-2-4-6-13)11-16(17)14-7-9-15(18)10-8-14/h2-12H,1H3/b16-11+. The van der Waals surface area contributed by atoms with Crippen LogP contribution in [0.25, 0.3) is 4.48 Å². The van der Waals surface area contributed by atoms with Gasteiger partial charge in [0.25, 0.3) is 0 Å². The highest BCUT2D eigenvalue weighted by Gasteiger charge is 2.04. The predicted molar refractivity (Wildman–Crippen MR) is 78.2 cm³/mol. The number of halogens is 2. The summed E-state index contributed by atoms with van der Waals surface area (Å²) in [6, 6.07) is 16.8. The van der Waals surface area contributed by atoms with E-state index in [4.69, 9.17) is 0 Å². The summed E-state index contributed by atoms with van der Waals surface area (Å²) in [6.45, 7) is 2.14. The van der Waals surface area contributed by atoms with Gasteiger partial charge in [-0.2, -0.15) is 0 Å². The Morgan fingerprint density at radius 1 is 1.06 bits per heavy atom. The van der Waals surface area contributed by atoms with Crippen molar-refractivity contribution in [2.45, 2.75) is 12.8 Å². The number of hydrogen-bond acceptors (Lipinski definition) is 0. The van der Waals surface area contributed by atoms with Gasteiger partial charge in [0, 0.05) is 10.4 Å². The summed E-state index contributed by atoms with van der Waals surface area (Å²) < 4.78 is 13.8. The molecule has 0 amide bonds. The normalized spacial score (nSPS) is 13.4. The van der Waals surface area contributed by atoms with Crippen LogP contribution < -0.4 is 0 Å². The fourth-order valence-corrected chi connectivity index (χ4v) is 2.44. The maximum atomic E-state index is 12.8. The average Bonchev–Trinajstić information content (AvgIpc) is 2.40. The van der Waals surface area contributed by atoms with Gasteiger partial charge in [-0.1, -0.05) is 71.4 Å². The van der Waals surface area contributed by atoms with Crippen molar-refractivity contribution in [3.05, 3.63) is 77.6 Å². The third kappa shape index (κ3) is 3.30. The van der Waals surface area contributed by atoms with Crippen LogP contribution in [0.2, 0.25) is 0 Å². The molecule has 0 aliphatic carbocycles. The minimum Gasteiger partial charge on any atom is -0.207 e. The van der Waals surface area contributed by atoms with Gasteiger partial charge in [0.05, 0.1) is 0 Å². The lowest BCUT2D eigenvalue weighted by Gasteiger charge is -2.08. The first-order valence-electron chi connectivity index (χ1n) is 5.85. The van der Waals surface area contributed by atoms with Crippen LogP contribution in [-0.2, 0) is 0 Å². The maximum absolute atomic E-state index is 12.8. The Balaban J connectivity index is 2.20. The Morgan fingerprint density at radius 2 is 1.67 bits per heavy atom. The van der Waals surface area contributed by atoms with Crippen LogP contribution in [-0.4, -0.2) is 0 Å². The quantitative estimate of drug-likeness (QED) is 0.715. The molecule has 0 fully saturated rings.